The standard InChI is InChI=1S/C25H21ClO5S/c1-25(2,3)17-6-11-20(12-7-17)32(28,29)31-19-10-13-21-22(15-19)30-23(24(21)27)14-16-4-8-18(26)9-5-16/h4-15H,1-3H3/b23-14-. The molecule has 0 N–H and O–H groups in total. The normalized spacial score (nSPS) is 14.9. The molecule has 0 atom stereocenters. The maximum Gasteiger partial charge on any atom is 0.339 e. The summed E-state index contributed by atoms with van der Waals surface area (Å²) in [6.45, 7) is 6.15. The van der Waals surface area contributed by atoms with Crippen molar-refractivity contribution in [2.45, 2.75) is 31.1 Å². The Balaban J connectivity index is 1.56. The maximum absolute atomic E-state index is 12.7. The highest BCUT2D eigenvalue weighted by Gasteiger charge is 2.29. The van der Waals surface area contributed by atoms with Crippen LogP contribution in [0, 0.1) is 0 Å². The average Bonchev–Trinajstić information content (AvgIpc) is 3.03. The van der Waals surface area contributed by atoms with Gasteiger partial charge in [-0.3, -0.25) is 4.79 Å². The van der Waals surface area contributed by atoms with Crippen LogP contribution in [0.15, 0.2) is 77.4 Å². The number of hydrogen-bond donors (Lipinski definition) is 0. The van der Waals surface area contributed by atoms with Crippen molar-refractivity contribution in [3.05, 3.63) is 94.2 Å². The van der Waals surface area contributed by atoms with Crippen LogP contribution in [0.2, 0.25) is 5.02 Å². The van der Waals surface area contributed by atoms with E-state index in [4.69, 9.17) is 20.5 Å². The van der Waals surface area contributed by atoms with Gasteiger partial charge >= 0.3 is 10.1 Å². The molecule has 0 fully saturated rings. The van der Waals surface area contributed by atoms with E-state index in [0.29, 0.717) is 10.6 Å². The first-order chi connectivity index (χ1) is 15.0. The largest absolute Gasteiger partial charge is 0.452 e. The first kappa shape index (κ1) is 22.1. The molecule has 3 aromatic carbocycles. The summed E-state index contributed by atoms with van der Waals surface area (Å²) in [5, 5.41) is 0.588. The molecule has 5 nitrogen and oxygen atoms in total. The molecule has 4 rings (SSSR count). The zero-order chi connectivity index (χ0) is 23.1. The summed E-state index contributed by atoms with van der Waals surface area (Å²) in [5.41, 5.74) is 2.01. The van der Waals surface area contributed by atoms with Gasteiger partial charge in [-0.05, 0) is 59.0 Å². The number of carbonyl (C=O) groups excluding carboxylic acids is 1. The molecule has 0 bridgehead atoms. The second-order valence-corrected chi connectivity index (χ2v) is 10.4. The van der Waals surface area contributed by atoms with Crippen molar-refractivity contribution in [3.8, 4) is 11.5 Å². The molecule has 0 spiro atoms. The number of Topliss-reactive ketones (excluding diaryl/α,β-unsaturated/α-hetero) is 1. The quantitative estimate of drug-likeness (QED) is 0.346. The summed E-state index contributed by atoms with van der Waals surface area (Å²) in [4.78, 5) is 12.7. The molecule has 0 saturated carbocycles. The van der Waals surface area contributed by atoms with Crippen LogP contribution in [-0.4, -0.2) is 14.2 Å². The van der Waals surface area contributed by atoms with Gasteiger partial charge in [-0.25, -0.2) is 0 Å². The highest BCUT2D eigenvalue weighted by molar-refractivity contribution is 7.87. The summed E-state index contributed by atoms with van der Waals surface area (Å²) >= 11 is 5.89. The van der Waals surface area contributed by atoms with Crippen molar-refractivity contribution >= 4 is 33.6 Å². The lowest BCUT2D eigenvalue weighted by molar-refractivity contribution is 0.101. The summed E-state index contributed by atoms with van der Waals surface area (Å²) in [7, 11) is -4.04. The number of fused-ring (bicyclic) bond motifs is 1. The molecule has 0 saturated heterocycles. The summed E-state index contributed by atoms with van der Waals surface area (Å²) in [6.07, 6.45) is 1.60. The molecule has 7 heteroatoms. The van der Waals surface area contributed by atoms with Gasteiger partial charge in [-0.1, -0.05) is 56.6 Å². The van der Waals surface area contributed by atoms with Crippen LogP contribution < -0.4 is 8.92 Å². The number of hydrogen-bond acceptors (Lipinski definition) is 5. The fraction of sp³-hybridized carbons (Fsp3) is 0.160. The van der Waals surface area contributed by atoms with Gasteiger partial charge in [0.05, 0.1) is 5.56 Å². The predicted molar refractivity (Wildman–Crippen MR) is 124 cm³/mol. The van der Waals surface area contributed by atoms with E-state index in [0.717, 1.165) is 11.1 Å². The molecular formula is C25H21ClO5S. The Bertz CT molecular complexity index is 1320. The summed E-state index contributed by atoms with van der Waals surface area (Å²) in [5.74, 6) is 0.150. The zero-order valence-electron chi connectivity index (χ0n) is 17.8. The third-order valence-electron chi connectivity index (χ3n) is 5.02. The van der Waals surface area contributed by atoms with Crippen molar-refractivity contribution in [2.75, 3.05) is 0 Å². The second-order valence-electron chi connectivity index (χ2n) is 8.46. The van der Waals surface area contributed by atoms with E-state index in [1.54, 1.807) is 42.5 Å². The van der Waals surface area contributed by atoms with Crippen LogP contribution >= 0.6 is 11.6 Å². The highest BCUT2D eigenvalue weighted by atomic mass is 35.5. The summed E-state index contributed by atoms with van der Waals surface area (Å²) < 4.78 is 36.4. The van der Waals surface area contributed by atoms with E-state index in [1.807, 2.05) is 0 Å². The summed E-state index contributed by atoms with van der Waals surface area (Å²) in [6, 6.07) is 17.9. The van der Waals surface area contributed by atoms with Crippen LogP contribution in [0.5, 0.6) is 11.5 Å². The molecule has 0 aliphatic carbocycles. The Hall–Kier alpha value is -3.09. The molecule has 1 heterocycles. The van der Waals surface area contributed by atoms with Crippen molar-refractivity contribution in [3.63, 3.8) is 0 Å². The number of halogens is 1. The molecule has 1 aliphatic rings. The van der Waals surface area contributed by atoms with Crippen molar-refractivity contribution < 1.29 is 22.1 Å². The van der Waals surface area contributed by atoms with E-state index >= 15 is 0 Å². The van der Waals surface area contributed by atoms with E-state index < -0.39 is 10.1 Å². The van der Waals surface area contributed by atoms with Crippen LogP contribution in [0.3, 0.4) is 0 Å². The molecule has 3 aromatic rings. The Morgan fingerprint density at radius 3 is 2.22 bits per heavy atom. The van der Waals surface area contributed by atoms with E-state index in [9.17, 15) is 13.2 Å². The first-order valence-corrected chi connectivity index (χ1v) is 11.7. The van der Waals surface area contributed by atoms with E-state index in [2.05, 4.69) is 20.8 Å². The van der Waals surface area contributed by atoms with Gasteiger partial charge in [0.2, 0.25) is 5.78 Å². The van der Waals surface area contributed by atoms with Crippen LogP contribution in [0.4, 0.5) is 0 Å². The minimum Gasteiger partial charge on any atom is -0.452 e. The number of rotatable bonds is 4. The Morgan fingerprint density at radius 1 is 0.938 bits per heavy atom. The molecule has 32 heavy (non-hydrogen) atoms. The third-order valence-corrected chi connectivity index (χ3v) is 6.54. The Labute approximate surface area is 192 Å². The minimum absolute atomic E-state index is 0.0475. The van der Waals surface area contributed by atoms with Crippen molar-refractivity contribution in [2.24, 2.45) is 0 Å². The molecule has 164 valence electrons. The fourth-order valence-corrected chi connectivity index (χ4v) is 4.27. The molecule has 0 amide bonds. The number of allylic oxidation sites excluding steroid dienone is 1. The first-order valence-electron chi connectivity index (χ1n) is 9.92. The number of benzene rings is 3. The lowest BCUT2D eigenvalue weighted by Gasteiger charge is -2.19. The van der Waals surface area contributed by atoms with Gasteiger partial charge in [0.1, 0.15) is 16.4 Å². The lowest BCUT2D eigenvalue weighted by atomic mass is 9.87. The monoisotopic (exact) mass is 468 g/mol. The van der Waals surface area contributed by atoms with Gasteiger partial charge in [-0.15, -0.1) is 0 Å². The third kappa shape index (κ3) is 4.56. The smallest absolute Gasteiger partial charge is 0.339 e. The van der Waals surface area contributed by atoms with Gasteiger partial charge in [0, 0.05) is 11.1 Å². The Kier molecular flexibility index (Phi) is 5.61. The maximum atomic E-state index is 12.7. The van der Waals surface area contributed by atoms with Crippen LogP contribution in [-0.2, 0) is 15.5 Å². The number of ketones is 1. The van der Waals surface area contributed by atoms with Gasteiger partial charge in [-0.2, -0.15) is 8.42 Å². The topological polar surface area (TPSA) is 69.7 Å². The van der Waals surface area contributed by atoms with E-state index in [1.165, 1.54) is 30.3 Å². The predicted octanol–water partition coefficient (Wildman–Crippen LogP) is 6.02. The molecule has 0 unspecified atom stereocenters. The van der Waals surface area contributed by atoms with E-state index in [-0.39, 0.29) is 33.4 Å². The minimum atomic E-state index is -4.04. The van der Waals surface area contributed by atoms with Gasteiger partial charge < -0.3 is 8.92 Å². The fourth-order valence-electron chi connectivity index (χ4n) is 3.23. The van der Waals surface area contributed by atoms with Gasteiger partial charge in [0.15, 0.2) is 5.76 Å². The molecule has 0 radical (unpaired) electrons. The lowest BCUT2D eigenvalue weighted by Crippen LogP contribution is -2.13. The average molecular weight is 469 g/mol. The molecule has 0 aromatic heterocycles. The van der Waals surface area contributed by atoms with Crippen molar-refractivity contribution in [1.82, 2.24) is 0 Å². The number of carbonyl (C=O) groups is 1. The number of ether oxygens (including phenoxy) is 1. The van der Waals surface area contributed by atoms with Crippen LogP contribution in [0.1, 0.15) is 42.3 Å². The molecular weight excluding hydrogens is 448 g/mol. The van der Waals surface area contributed by atoms with Gasteiger partial charge in [0.25, 0.3) is 0 Å². The van der Waals surface area contributed by atoms with Crippen LogP contribution in [0.25, 0.3) is 6.08 Å². The Morgan fingerprint density at radius 2 is 1.59 bits per heavy atom. The second kappa shape index (κ2) is 8.11. The molecule has 1 aliphatic heterocycles. The van der Waals surface area contributed by atoms with Crippen molar-refractivity contribution in [1.29, 1.82) is 0 Å². The SMILES string of the molecule is CC(C)(C)c1ccc(S(=O)(=O)Oc2ccc3c(c2)O/C(=C\c2ccc(Cl)cc2)C3=O)cc1. The zero-order valence-corrected chi connectivity index (χ0v) is 19.3. The highest BCUT2D eigenvalue weighted by Crippen LogP contribution is 2.36.